The van der Waals surface area contributed by atoms with Crippen molar-refractivity contribution in [3.8, 4) is 22.9 Å². The van der Waals surface area contributed by atoms with Gasteiger partial charge in [-0.2, -0.15) is 0 Å². The van der Waals surface area contributed by atoms with Crippen LogP contribution >= 0.6 is 11.8 Å². The first-order valence-electron chi connectivity index (χ1n) is 8.60. The number of hydrogen-bond donors (Lipinski definition) is 1. The predicted molar refractivity (Wildman–Crippen MR) is 106 cm³/mol. The Morgan fingerprint density at radius 1 is 0.893 bits per heavy atom. The van der Waals surface area contributed by atoms with E-state index in [1.165, 1.54) is 11.8 Å². The highest BCUT2D eigenvalue weighted by atomic mass is 32.2. The molecule has 3 heterocycles. The van der Waals surface area contributed by atoms with Crippen molar-refractivity contribution in [3.05, 3.63) is 67.1 Å². The number of aromatic nitrogens is 3. The molecule has 0 atom stereocenters. The molecular weight excluding hydrogens is 376 g/mol. The fraction of sp³-hybridized carbons (Fsp3) is 0.100. The fourth-order valence-electron chi connectivity index (χ4n) is 2.52. The molecule has 1 N–H and O–H groups in total. The number of rotatable bonds is 7. The Hall–Kier alpha value is -3.39. The molecular formula is C20H16N4O3S. The van der Waals surface area contributed by atoms with Gasteiger partial charge in [-0.1, -0.05) is 30.0 Å². The first-order chi connectivity index (χ1) is 13.8. The van der Waals surface area contributed by atoms with E-state index in [-0.39, 0.29) is 5.91 Å². The summed E-state index contributed by atoms with van der Waals surface area (Å²) in [6.45, 7) is 0. The maximum absolute atomic E-state index is 12.1. The summed E-state index contributed by atoms with van der Waals surface area (Å²) < 4.78 is 10.9. The quantitative estimate of drug-likeness (QED) is 0.462. The lowest BCUT2D eigenvalue weighted by Crippen LogP contribution is -2.12. The van der Waals surface area contributed by atoms with E-state index < -0.39 is 0 Å². The average molecular weight is 392 g/mol. The molecule has 0 aliphatic carbocycles. The number of hydrogen-bond acceptors (Lipinski definition) is 7. The SMILES string of the molecule is O=C(CCSc1nnc(-c2ccco2)c(-c2ccco2)n1)Nc1ccccc1. The Kier molecular flexibility index (Phi) is 5.48. The van der Waals surface area contributed by atoms with Crippen LogP contribution in [0.3, 0.4) is 0 Å². The van der Waals surface area contributed by atoms with Crippen LogP contribution in [0.4, 0.5) is 5.69 Å². The smallest absolute Gasteiger partial charge is 0.225 e. The van der Waals surface area contributed by atoms with Crippen LogP contribution < -0.4 is 5.32 Å². The zero-order valence-corrected chi connectivity index (χ0v) is 15.6. The minimum absolute atomic E-state index is 0.0647. The van der Waals surface area contributed by atoms with Crippen LogP contribution in [0, 0.1) is 0 Å². The van der Waals surface area contributed by atoms with Gasteiger partial charge in [0.15, 0.2) is 17.2 Å². The molecule has 1 amide bonds. The Morgan fingerprint density at radius 2 is 1.61 bits per heavy atom. The second-order valence-electron chi connectivity index (χ2n) is 5.76. The summed E-state index contributed by atoms with van der Waals surface area (Å²) in [5.74, 6) is 1.60. The molecule has 0 fully saturated rings. The van der Waals surface area contributed by atoms with Crippen molar-refractivity contribution in [3.63, 3.8) is 0 Å². The number of furan rings is 2. The normalized spacial score (nSPS) is 10.7. The lowest BCUT2D eigenvalue weighted by Gasteiger charge is -2.06. The van der Waals surface area contributed by atoms with Gasteiger partial charge >= 0.3 is 0 Å². The zero-order valence-electron chi connectivity index (χ0n) is 14.7. The molecule has 0 bridgehead atoms. The topological polar surface area (TPSA) is 94.0 Å². The fourth-order valence-corrected chi connectivity index (χ4v) is 3.24. The highest BCUT2D eigenvalue weighted by Crippen LogP contribution is 2.30. The molecule has 0 unspecified atom stereocenters. The number of anilines is 1. The maximum Gasteiger partial charge on any atom is 0.225 e. The minimum atomic E-state index is -0.0647. The van der Waals surface area contributed by atoms with Crippen molar-refractivity contribution in [2.24, 2.45) is 0 Å². The molecule has 0 aliphatic rings. The number of nitrogens with one attached hydrogen (secondary N) is 1. The number of para-hydroxylation sites is 1. The van der Waals surface area contributed by atoms with Crippen molar-refractivity contribution in [1.29, 1.82) is 0 Å². The summed E-state index contributed by atoms with van der Waals surface area (Å²) >= 11 is 1.36. The van der Waals surface area contributed by atoms with Crippen LogP contribution in [0.2, 0.25) is 0 Å². The summed E-state index contributed by atoms with van der Waals surface area (Å²) in [5, 5.41) is 11.7. The van der Waals surface area contributed by atoms with Gasteiger partial charge in [-0.15, -0.1) is 10.2 Å². The zero-order chi connectivity index (χ0) is 19.2. The third-order valence-electron chi connectivity index (χ3n) is 3.79. The van der Waals surface area contributed by atoms with Crippen molar-refractivity contribution in [1.82, 2.24) is 15.2 Å². The summed E-state index contributed by atoms with van der Waals surface area (Å²) in [6, 6.07) is 16.5. The maximum atomic E-state index is 12.1. The molecule has 0 radical (unpaired) electrons. The van der Waals surface area contributed by atoms with Gasteiger partial charge in [-0.25, -0.2) is 4.98 Å². The lowest BCUT2D eigenvalue weighted by molar-refractivity contribution is -0.115. The third kappa shape index (κ3) is 4.29. The number of benzene rings is 1. The predicted octanol–water partition coefficient (Wildman–Crippen LogP) is 4.51. The van der Waals surface area contributed by atoms with Crippen LogP contribution in [-0.2, 0) is 4.79 Å². The number of carbonyl (C=O) groups excluding carboxylic acids is 1. The summed E-state index contributed by atoms with van der Waals surface area (Å²) in [6.07, 6.45) is 3.47. The van der Waals surface area contributed by atoms with E-state index in [2.05, 4.69) is 20.5 Å². The molecule has 4 rings (SSSR count). The molecule has 1 aromatic carbocycles. The van der Waals surface area contributed by atoms with Crippen molar-refractivity contribution in [2.75, 3.05) is 11.1 Å². The molecule has 0 spiro atoms. The van der Waals surface area contributed by atoms with Crippen LogP contribution in [0.1, 0.15) is 6.42 Å². The molecule has 0 saturated carbocycles. The van der Waals surface area contributed by atoms with Crippen molar-refractivity contribution >= 4 is 23.4 Å². The van der Waals surface area contributed by atoms with E-state index in [1.807, 2.05) is 30.3 Å². The summed E-state index contributed by atoms with van der Waals surface area (Å²) in [5.41, 5.74) is 1.83. The molecule has 140 valence electrons. The van der Waals surface area contributed by atoms with E-state index >= 15 is 0 Å². The van der Waals surface area contributed by atoms with E-state index in [0.29, 0.717) is 40.2 Å². The number of carbonyl (C=O) groups is 1. The monoisotopic (exact) mass is 392 g/mol. The Morgan fingerprint density at radius 3 is 2.29 bits per heavy atom. The van der Waals surface area contributed by atoms with Crippen LogP contribution in [-0.4, -0.2) is 26.8 Å². The van der Waals surface area contributed by atoms with Gasteiger partial charge < -0.3 is 14.2 Å². The second-order valence-corrected chi connectivity index (χ2v) is 6.82. The van der Waals surface area contributed by atoms with Gasteiger partial charge in [0.05, 0.1) is 12.5 Å². The molecule has 0 saturated heterocycles. The van der Waals surface area contributed by atoms with Gasteiger partial charge in [0, 0.05) is 17.9 Å². The lowest BCUT2D eigenvalue weighted by atomic mass is 10.2. The first-order valence-corrected chi connectivity index (χ1v) is 9.58. The van der Waals surface area contributed by atoms with Gasteiger partial charge in [0.2, 0.25) is 11.1 Å². The van der Waals surface area contributed by atoms with Gasteiger partial charge in [-0.3, -0.25) is 4.79 Å². The number of amides is 1. The Bertz CT molecular complexity index is 1030. The van der Waals surface area contributed by atoms with Gasteiger partial charge in [0.25, 0.3) is 0 Å². The molecule has 0 aliphatic heterocycles. The van der Waals surface area contributed by atoms with E-state index in [0.717, 1.165) is 5.69 Å². The Balaban J connectivity index is 1.44. The van der Waals surface area contributed by atoms with E-state index in [1.54, 1.807) is 36.8 Å². The average Bonchev–Trinajstić information content (AvgIpc) is 3.43. The van der Waals surface area contributed by atoms with Gasteiger partial charge in [-0.05, 0) is 36.4 Å². The largest absolute Gasteiger partial charge is 0.463 e. The van der Waals surface area contributed by atoms with Crippen molar-refractivity contribution < 1.29 is 13.6 Å². The molecule has 28 heavy (non-hydrogen) atoms. The molecule has 7 nitrogen and oxygen atoms in total. The minimum Gasteiger partial charge on any atom is -0.463 e. The highest BCUT2D eigenvalue weighted by Gasteiger charge is 2.18. The standard InChI is InChI=1S/C20H16N4O3S/c25-17(21-14-6-2-1-3-7-14)10-13-28-20-22-18(15-8-4-11-26-15)19(23-24-20)16-9-5-12-27-16/h1-9,11-12H,10,13H2,(H,21,25). The van der Waals surface area contributed by atoms with Crippen LogP contribution in [0.15, 0.2) is 81.1 Å². The second kappa shape index (κ2) is 8.53. The van der Waals surface area contributed by atoms with E-state index in [4.69, 9.17) is 8.83 Å². The molecule has 3 aromatic heterocycles. The highest BCUT2D eigenvalue weighted by molar-refractivity contribution is 7.99. The molecule has 8 heteroatoms. The first kappa shape index (κ1) is 18.0. The Labute approximate surface area is 165 Å². The van der Waals surface area contributed by atoms with Crippen molar-refractivity contribution in [2.45, 2.75) is 11.6 Å². The van der Waals surface area contributed by atoms with Gasteiger partial charge in [0.1, 0.15) is 5.69 Å². The third-order valence-corrected chi connectivity index (χ3v) is 4.63. The number of nitrogens with zero attached hydrogens (tertiary/aromatic N) is 3. The molecule has 4 aromatic rings. The van der Waals surface area contributed by atoms with E-state index in [9.17, 15) is 4.79 Å². The van der Waals surface area contributed by atoms with Crippen LogP contribution in [0.25, 0.3) is 22.9 Å². The number of thioether (sulfide) groups is 1. The summed E-state index contributed by atoms with van der Waals surface area (Å²) in [4.78, 5) is 16.6. The van der Waals surface area contributed by atoms with Crippen LogP contribution in [0.5, 0.6) is 0 Å². The summed E-state index contributed by atoms with van der Waals surface area (Å²) in [7, 11) is 0.